The van der Waals surface area contributed by atoms with Crippen molar-refractivity contribution in [3.63, 3.8) is 0 Å². The smallest absolute Gasteiger partial charge is 0.114 e. The Morgan fingerprint density at radius 1 is 1.00 bits per heavy atom. The first-order valence-electron chi connectivity index (χ1n) is 7.42. The maximum atomic E-state index is 10.2. The molecule has 2 N–H and O–H groups in total. The van der Waals surface area contributed by atoms with Gasteiger partial charge in [-0.2, -0.15) is 0 Å². The van der Waals surface area contributed by atoms with Crippen LogP contribution in [0.3, 0.4) is 0 Å². The second kappa shape index (κ2) is 5.41. The number of benzene rings is 1. The van der Waals surface area contributed by atoms with Gasteiger partial charge in [-0.1, -0.05) is 36.8 Å². The Labute approximate surface area is 110 Å². The Hall–Kier alpha value is -0.860. The topological polar surface area (TPSA) is 24.7 Å². The second-order valence-electron chi connectivity index (χ2n) is 5.97. The summed E-state index contributed by atoms with van der Waals surface area (Å²) >= 11 is 0. The van der Waals surface area contributed by atoms with Gasteiger partial charge in [0.1, 0.15) is 12.1 Å². The molecule has 0 bridgehead atoms. The van der Waals surface area contributed by atoms with Crippen LogP contribution in [0.5, 0.6) is 0 Å². The molecule has 4 atom stereocenters. The average Bonchev–Trinajstić information content (AvgIpc) is 2.90. The minimum Gasteiger partial charge on any atom is -0.387 e. The monoisotopic (exact) mass is 246 g/mol. The zero-order chi connectivity index (χ0) is 12.4. The van der Waals surface area contributed by atoms with E-state index in [-0.39, 0.29) is 6.10 Å². The molecular weight excluding hydrogens is 222 g/mol. The maximum Gasteiger partial charge on any atom is 0.114 e. The molecule has 1 saturated carbocycles. The molecule has 98 valence electrons. The van der Waals surface area contributed by atoms with Crippen LogP contribution in [0.1, 0.15) is 43.6 Å². The molecule has 2 fully saturated rings. The van der Waals surface area contributed by atoms with Crippen LogP contribution in [0.4, 0.5) is 0 Å². The third-order valence-corrected chi connectivity index (χ3v) is 4.85. The Morgan fingerprint density at radius 3 is 2.56 bits per heavy atom. The molecule has 0 radical (unpaired) electrons. The fraction of sp³-hybridized carbons (Fsp3) is 0.625. The molecule has 1 aliphatic carbocycles. The Kier molecular flexibility index (Phi) is 3.67. The van der Waals surface area contributed by atoms with E-state index in [1.165, 1.54) is 44.3 Å². The predicted octanol–water partition coefficient (Wildman–Crippen LogP) is 1.36. The van der Waals surface area contributed by atoms with Crippen LogP contribution in [0, 0.1) is 0 Å². The summed E-state index contributed by atoms with van der Waals surface area (Å²) in [4.78, 5) is 1.65. The number of rotatable bonds is 2. The quantitative estimate of drug-likeness (QED) is 0.809. The molecule has 1 heterocycles. The molecule has 1 aromatic rings. The van der Waals surface area contributed by atoms with Crippen molar-refractivity contribution in [3.8, 4) is 0 Å². The van der Waals surface area contributed by atoms with Gasteiger partial charge in [0.05, 0.1) is 13.1 Å². The Balaban J connectivity index is 1.64. The minimum atomic E-state index is -0.0525. The summed E-state index contributed by atoms with van der Waals surface area (Å²) in [6, 6.07) is 11.4. The van der Waals surface area contributed by atoms with Crippen molar-refractivity contribution >= 4 is 0 Å². The lowest BCUT2D eigenvalue weighted by Gasteiger charge is -2.32. The first-order valence-corrected chi connectivity index (χ1v) is 7.42. The number of hydrogen-bond acceptors (Lipinski definition) is 1. The van der Waals surface area contributed by atoms with Crippen LogP contribution in [0.25, 0.3) is 0 Å². The van der Waals surface area contributed by atoms with Crippen molar-refractivity contribution in [1.29, 1.82) is 0 Å². The largest absolute Gasteiger partial charge is 0.387 e. The van der Waals surface area contributed by atoms with Crippen LogP contribution in [-0.4, -0.2) is 30.3 Å². The highest BCUT2D eigenvalue weighted by molar-refractivity contribution is 5.19. The van der Waals surface area contributed by atoms with Crippen LogP contribution < -0.4 is 4.90 Å². The van der Waals surface area contributed by atoms with E-state index in [0.717, 1.165) is 6.42 Å². The van der Waals surface area contributed by atoms with Crippen LogP contribution >= 0.6 is 0 Å². The first kappa shape index (κ1) is 12.2. The number of nitrogens with one attached hydrogen (secondary N) is 1. The van der Waals surface area contributed by atoms with Gasteiger partial charge in [-0.05, 0) is 18.4 Å². The fourth-order valence-electron chi connectivity index (χ4n) is 3.81. The lowest BCUT2D eigenvalue weighted by molar-refractivity contribution is -0.919. The van der Waals surface area contributed by atoms with Gasteiger partial charge in [-0.15, -0.1) is 0 Å². The average molecular weight is 246 g/mol. The molecule has 0 aromatic heterocycles. The first-order chi connectivity index (χ1) is 8.84. The summed E-state index contributed by atoms with van der Waals surface area (Å²) in [6.07, 6.45) is 5.99. The molecule has 2 nitrogen and oxygen atoms in total. The molecule has 1 aliphatic heterocycles. The normalized spacial score (nSPS) is 36.7. The lowest BCUT2D eigenvalue weighted by Crippen LogP contribution is -3.15. The number of quaternary nitrogens is 1. The molecular formula is C16H24NO+. The third kappa shape index (κ3) is 2.45. The number of aliphatic hydroxyl groups excluding tert-OH is 1. The van der Waals surface area contributed by atoms with E-state index in [1.54, 1.807) is 4.90 Å². The standard InChI is InChI=1S/C16H23NO/c18-16-9-5-4-8-15(16)17-11-10-14(12-17)13-6-2-1-3-7-13/h1-3,6-7,14-16,18H,4-5,8-12H2/p+1/t14-,15-,16-/m0/s1. The fourth-order valence-corrected chi connectivity index (χ4v) is 3.81. The lowest BCUT2D eigenvalue weighted by atomic mass is 9.91. The maximum absolute atomic E-state index is 10.2. The van der Waals surface area contributed by atoms with Gasteiger partial charge in [0.2, 0.25) is 0 Å². The number of likely N-dealkylation sites (tertiary alicyclic amines) is 1. The van der Waals surface area contributed by atoms with E-state index in [9.17, 15) is 5.11 Å². The summed E-state index contributed by atoms with van der Waals surface area (Å²) in [5, 5.41) is 10.2. The Morgan fingerprint density at radius 2 is 1.78 bits per heavy atom. The van der Waals surface area contributed by atoms with Crippen LogP contribution in [0.15, 0.2) is 30.3 Å². The summed E-state index contributed by atoms with van der Waals surface area (Å²) in [7, 11) is 0. The van der Waals surface area contributed by atoms with Gasteiger partial charge < -0.3 is 10.0 Å². The Bertz CT molecular complexity index is 378. The van der Waals surface area contributed by atoms with E-state index >= 15 is 0 Å². The molecule has 2 heteroatoms. The molecule has 18 heavy (non-hydrogen) atoms. The van der Waals surface area contributed by atoms with Crippen LogP contribution in [0.2, 0.25) is 0 Å². The third-order valence-electron chi connectivity index (χ3n) is 4.85. The number of aliphatic hydroxyl groups is 1. The molecule has 0 amide bonds. The summed E-state index contributed by atoms with van der Waals surface area (Å²) in [5.74, 6) is 0.704. The zero-order valence-electron chi connectivity index (χ0n) is 11.0. The van der Waals surface area contributed by atoms with Gasteiger partial charge in [-0.3, -0.25) is 0 Å². The van der Waals surface area contributed by atoms with Crippen LogP contribution in [-0.2, 0) is 0 Å². The summed E-state index contributed by atoms with van der Waals surface area (Å²) in [5.41, 5.74) is 1.48. The molecule has 1 saturated heterocycles. The molecule has 0 spiro atoms. The minimum absolute atomic E-state index is 0.0525. The highest BCUT2D eigenvalue weighted by Gasteiger charge is 2.37. The van der Waals surface area contributed by atoms with Crippen molar-refractivity contribution in [2.75, 3.05) is 13.1 Å². The van der Waals surface area contributed by atoms with Gasteiger partial charge in [0.25, 0.3) is 0 Å². The molecule has 1 aromatic carbocycles. The van der Waals surface area contributed by atoms with Crippen molar-refractivity contribution < 1.29 is 10.0 Å². The summed E-state index contributed by atoms with van der Waals surface area (Å²) in [6.45, 7) is 2.45. The van der Waals surface area contributed by atoms with E-state index in [1.807, 2.05) is 0 Å². The van der Waals surface area contributed by atoms with Gasteiger partial charge in [-0.25, -0.2) is 0 Å². The zero-order valence-corrected chi connectivity index (χ0v) is 11.0. The van der Waals surface area contributed by atoms with E-state index in [4.69, 9.17) is 0 Å². The van der Waals surface area contributed by atoms with E-state index in [2.05, 4.69) is 30.3 Å². The second-order valence-corrected chi connectivity index (χ2v) is 5.97. The van der Waals surface area contributed by atoms with Gasteiger partial charge in [0.15, 0.2) is 0 Å². The highest BCUT2D eigenvalue weighted by Crippen LogP contribution is 2.22. The van der Waals surface area contributed by atoms with Gasteiger partial charge in [0, 0.05) is 18.8 Å². The predicted molar refractivity (Wildman–Crippen MR) is 72.8 cm³/mol. The molecule has 3 rings (SSSR count). The summed E-state index contributed by atoms with van der Waals surface area (Å²) < 4.78 is 0. The number of hydrogen-bond donors (Lipinski definition) is 2. The van der Waals surface area contributed by atoms with E-state index < -0.39 is 0 Å². The van der Waals surface area contributed by atoms with E-state index in [0.29, 0.717) is 12.0 Å². The van der Waals surface area contributed by atoms with Gasteiger partial charge >= 0.3 is 0 Å². The molecule has 2 aliphatic rings. The van der Waals surface area contributed by atoms with Crippen molar-refractivity contribution in [3.05, 3.63) is 35.9 Å². The van der Waals surface area contributed by atoms with Crippen molar-refractivity contribution in [2.24, 2.45) is 0 Å². The molecule has 1 unspecified atom stereocenters. The highest BCUT2D eigenvalue weighted by atomic mass is 16.3. The van der Waals surface area contributed by atoms with Crippen molar-refractivity contribution in [1.82, 2.24) is 0 Å². The van der Waals surface area contributed by atoms with Crippen molar-refractivity contribution in [2.45, 2.75) is 50.2 Å². The SMILES string of the molecule is O[C@H]1CCCC[C@@H]1[NH+]1CC[C@H](c2ccccc2)C1.